The highest BCUT2D eigenvalue weighted by Crippen LogP contribution is 2.25. The first-order chi connectivity index (χ1) is 13.6. The third kappa shape index (κ3) is 3.77. The number of hydrogen-bond donors (Lipinski definition) is 2. The van der Waals surface area contributed by atoms with Gasteiger partial charge in [0.05, 0.1) is 0 Å². The smallest absolute Gasteiger partial charge is 0.257 e. The molecule has 1 heterocycles. The number of fused-ring (bicyclic) bond motifs is 1. The zero-order valence-electron chi connectivity index (χ0n) is 15.1. The third-order valence-corrected chi connectivity index (χ3v) is 4.50. The zero-order chi connectivity index (χ0) is 19.5. The fourth-order valence-electron chi connectivity index (χ4n) is 2.85. The van der Waals surface area contributed by atoms with Gasteiger partial charge in [-0.2, -0.15) is 0 Å². The second-order valence-electron chi connectivity index (χ2n) is 6.29. The van der Waals surface area contributed by atoms with E-state index in [1.54, 1.807) is 6.07 Å². The summed E-state index contributed by atoms with van der Waals surface area (Å²) in [6, 6.07) is 22.5. The monoisotopic (exact) mass is 387 g/mol. The lowest BCUT2D eigenvalue weighted by Crippen LogP contribution is -2.34. The van der Waals surface area contributed by atoms with Crippen molar-refractivity contribution in [2.24, 2.45) is 0 Å². The van der Waals surface area contributed by atoms with Gasteiger partial charge in [-0.05, 0) is 67.2 Å². The summed E-state index contributed by atoms with van der Waals surface area (Å²) < 4.78 is 5.77. The molecule has 0 aliphatic rings. The Morgan fingerprint density at radius 2 is 1.68 bits per heavy atom. The van der Waals surface area contributed by atoms with Gasteiger partial charge in [-0.15, -0.1) is 0 Å². The number of benzene rings is 3. The summed E-state index contributed by atoms with van der Waals surface area (Å²) in [6.07, 6.45) is 0. The Labute approximate surface area is 167 Å². The van der Waals surface area contributed by atoms with E-state index in [1.165, 1.54) is 0 Å². The van der Waals surface area contributed by atoms with Crippen molar-refractivity contribution >= 4 is 40.0 Å². The van der Waals surface area contributed by atoms with Crippen LogP contribution in [0.2, 0.25) is 0 Å². The number of anilines is 1. The fourth-order valence-corrected chi connectivity index (χ4v) is 3.06. The number of amides is 1. The number of aryl methyl sites for hydroxylation is 1. The van der Waals surface area contributed by atoms with Crippen molar-refractivity contribution in [1.82, 2.24) is 10.3 Å². The molecule has 5 nitrogen and oxygen atoms in total. The Hall–Kier alpha value is -3.51. The summed E-state index contributed by atoms with van der Waals surface area (Å²) in [5.74, 6) is 0.321. The number of rotatable bonds is 3. The van der Waals surface area contributed by atoms with E-state index in [-0.39, 0.29) is 11.0 Å². The summed E-state index contributed by atoms with van der Waals surface area (Å²) in [5.41, 5.74) is 4.68. The molecule has 0 saturated carbocycles. The van der Waals surface area contributed by atoms with Crippen molar-refractivity contribution in [2.45, 2.75) is 6.92 Å². The first kappa shape index (κ1) is 17.9. The van der Waals surface area contributed by atoms with Crippen LogP contribution in [0.25, 0.3) is 22.6 Å². The highest BCUT2D eigenvalue weighted by Gasteiger charge is 2.11. The molecule has 3 aromatic carbocycles. The minimum Gasteiger partial charge on any atom is -0.436 e. The Kier molecular flexibility index (Phi) is 4.87. The van der Waals surface area contributed by atoms with E-state index in [1.807, 2.05) is 73.7 Å². The Balaban J connectivity index is 1.43. The van der Waals surface area contributed by atoms with E-state index in [9.17, 15) is 4.79 Å². The molecule has 0 aliphatic carbocycles. The summed E-state index contributed by atoms with van der Waals surface area (Å²) in [7, 11) is 0. The lowest BCUT2D eigenvalue weighted by atomic mass is 10.1. The van der Waals surface area contributed by atoms with Crippen LogP contribution >= 0.6 is 12.2 Å². The molecule has 0 fully saturated rings. The van der Waals surface area contributed by atoms with E-state index >= 15 is 0 Å². The van der Waals surface area contributed by atoms with Gasteiger partial charge < -0.3 is 9.73 Å². The van der Waals surface area contributed by atoms with Crippen LogP contribution in [0.5, 0.6) is 0 Å². The maximum atomic E-state index is 12.3. The molecule has 4 aromatic rings. The van der Waals surface area contributed by atoms with Crippen molar-refractivity contribution in [3.05, 3.63) is 83.9 Å². The number of para-hydroxylation sites is 2. The topological polar surface area (TPSA) is 67.2 Å². The average Bonchev–Trinajstić information content (AvgIpc) is 3.13. The van der Waals surface area contributed by atoms with Crippen molar-refractivity contribution < 1.29 is 9.21 Å². The first-order valence-corrected chi connectivity index (χ1v) is 9.15. The van der Waals surface area contributed by atoms with Crippen molar-refractivity contribution in [3.63, 3.8) is 0 Å². The lowest BCUT2D eigenvalue weighted by molar-refractivity contribution is 0.0977. The summed E-state index contributed by atoms with van der Waals surface area (Å²) >= 11 is 5.25. The maximum Gasteiger partial charge on any atom is 0.257 e. The predicted octanol–water partition coefficient (Wildman–Crippen LogP) is 4.93. The molecule has 0 spiro atoms. The van der Waals surface area contributed by atoms with Crippen molar-refractivity contribution in [2.75, 3.05) is 5.32 Å². The molecule has 0 aliphatic heterocycles. The molecule has 1 amide bonds. The van der Waals surface area contributed by atoms with Crippen molar-refractivity contribution in [3.8, 4) is 11.5 Å². The maximum absolute atomic E-state index is 12.3. The normalized spacial score (nSPS) is 10.6. The van der Waals surface area contributed by atoms with Gasteiger partial charge in [-0.25, -0.2) is 4.98 Å². The molecule has 0 radical (unpaired) electrons. The predicted molar refractivity (Wildman–Crippen MR) is 114 cm³/mol. The Morgan fingerprint density at radius 3 is 2.43 bits per heavy atom. The van der Waals surface area contributed by atoms with E-state index in [2.05, 4.69) is 15.6 Å². The van der Waals surface area contributed by atoms with Crippen LogP contribution in [0.15, 0.2) is 77.2 Å². The summed E-state index contributed by atoms with van der Waals surface area (Å²) in [5, 5.41) is 5.95. The molecular formula is C22H17N3O2S. The first-order valence-electron chi connectivity index (χ1n) is 8.74. The molecule has 2 N–H and O–H groups in total. The number of carbonyl (C=O) groups is 1. The lowest BCUT2D eigenvalue weighted by Gasteiger charge is -2.11. The van der Waals surface area contributed by atoms with Crippen LogP contribution in [-0.2, 0) is 0 Å². The molecule has 0 saturated heterocycles. The largest absolute Gasteiger partial charge is 0.436 e. The molecular weight excluding hydrogens is 370 g/mol. The van der Waals surface area contributed by atoms with Crippen LogP contribution in [-0.4, -0.2) is 16.0 Å². The number of hydrogen-bond acceptors (Lipinski definition) is 4. The van der Waals surface area contributed by atoms with E-state index in [4.69, 9.17) is 16.6 Å². The minimum atomic E-state index is -0.237. The summed E-state index contributed by atoms with van der Waals surface area (Å²) in [6.45, 7) is 1.89. The van der Waals surface area contributed by atoms with Gasteiger partial charge in [0, 0.05) is 16.8 Å². The third-order valence-electron chi connectivity index (χ3n) is 4.30. The Morgan fingerprint density at radius 1 is 0.964 bits per heavy atom. The number of thiocarbonyl (C=S) groups is 1. The SMILES string of the molecule is Cc1ccccc1C(=O)NC(=S)Nc1ccc(-c2nc3ccccc3o2)cc1. The zero-order valence-corrected chi connectivity index (χ0v) is 15.9. The van der Waals surface area contributed by atoms with Gasteiger partial charge in [0.2, 0.25) is 5.89 Å². The van der Waals surface area contributed by atoms with E-state index < -0.39 is 0 Å². The number of carbonyl (C=O) groups excluding carboxylic acids is 1. The van der Waals surface area contributed by atoms with Crippen LogP contribution < -0.4 is 10.6 Å². The number of aromatic nitrogens is 1. The second-order valence-corrected chi connectivity index (χ2v) is 6.70. The molecule has 1 aromatic heterocycles. The van der Waals surface area contributed by atoms with Crippen LogP contribution in [0.1, 0.15) is 15.9 Å². The van der Waals surface area contributed by atoms with Gasteiger partial charge >= 0.3 is 0 Å². The second kappa shape index (κ2) is 7.62. The molecule has 138 valence electrons. The fraction of sp³-hybridized carbons (Fsp3) is 0.0455. The van der Waals surface area contributed by atoms with E-state index in [0.29, 0.717) is 11.5 Å². The minimum absolute atomic E-state index is 0.237. The van der Waals surface area contributed by atoms with Gasteiger partial charge in [0.25, 0.3) is 5.91 Å². The number of oxazole rings is 1. The highest BCUT2D eigenvalue weighted by molar-refractivity contribution is 7.80. The van der Waals surface area contributed by atoms with Crippen LogP contribution in [0.4, 0.5) is 5.69 Å². The van der Waals surface area contributed by atoms with Gasteiger partial charge in [0.1, 0.15) is 5.52 Å². The van der Waals surface area contributed by atoms with E-state index in [0.717, 1.165) is 27.9 Å². The average molecular weight is 387 g/mol. The number of nitrogens with zero attached hydrogens (tertiary/aromatic N) is 1. The van der Waals surface area contributed by atoms with Gasteiger partial charge in [0.15, 0.2) is 10.7 Å². The quantitative estimate of drug-likeness (QED) is 0.488. The Bertz CT molecular complexity index is 1130. The molecule has 4 rings (SSSR count). The van der Waals surface area contributed by atoms with Crippen LogP contribution in [0.3, 0.4) is 0 Å². The molecule has 6 heteroatoms. The molecule has 0 bridgehead atoms. The molecule has 0 unspecified atom stereocenters. The van der Waals surface area contributed by atoms with Crippen LogP contribution in [0, 0.1) is 6.92 Å². The molecule has 0 atom stereocenters. The number of nitrogens with one attached hydrogen (secondary N) is 2. The van der Waals surface area contributed by atoms with Crippen molar-refractivity contribution in [1.29, 1.82) is 0 Å². The van der Waals surface area contributed by atoms with Gasteiger partial charge in [-0.3, -0.25) is 10.1 Å². The van der Waals surface area contributed by atoms with Gasteiger partial charge in [-0.1, -0.05) is 30.3 Å². The highest BCUT2D eigenvalue weighted by atomic mass is 32.1. The summed E-state index contributed by atoms with van der Waals surface area (Å²) in [4.78, 5) is 16.8. The molecule has 28 heavy (non-hydrogen) atoms. The standard InChI is InChI=1S/C22H17N3O2S/c1-14-6-2-3-7-17(14)20(26)25-22(28)23-16-12-10-15(11-13-16)21-24-18-8-4-5-9-19(18)27-21/h2-13H,1H3,(H2,23,25,26,28).